The van der Waals surface area contributed by atoms with Gasteiger partial charge < -0.3 is 15.0 Å². The van der Waals surface area contributed by atoms with Crippen molar-refractivity contribution in [1.29, 1.82) is 0 Å². The van der Waals surface area contributed by atoms with Crippen LogP contribution in [0.25, 0.3) is 0 Å². The van der Waals surface area contributed by atoms with Crippen LogP contribution >= 0.6 is 11.6 Å². The summed E-state index contributed by atoms with van der Waals surface area (Å²) in [6, 6.07) is 13.4. The van der Waals surface area contributed by atoms with Crippen LogP contribution in [0, 0.1) is 0 Å². The van der Waals surface area contributed by atoms with Crippen molar-refractivity contribution < 1.29 is 22.7 Å². The maximum atomic E-state index is 13.4. The summed E-state index contributed by atoms with van der Waals surface area (Å²) in [4.78, 5) is 28.0. The molecule has 2 amide bonds. The van der Waals surface area contributed by atoms with Crippen LogP contribution in [0.15, 0.2) is 48.5 Å². The van der Waals surface area contributed by atoms with Crippen LogP contribution in [-0.2, 0) is 26.2 Å². The predicted molar refractivity (Wildman–Crippen MR) is 146 cm³/mol. The third kappa shape index (κ3) is 8.10. The molecule has 1 saturated carbocycles. The molecule has 1 aliphatic carbocycles. The zero-order chi connectivity index (χ0) is 27.0. The molecule has 3 rings (SSSR count). The molecule has 0 spiro atoms. The number of hydrogen-bond acceptors (Lipinski definition) is 5. The van der Waals surface area contributed by atoms with Crippen LogP contribution < -0.4 is 14.4 Å². The van der Waals surface area contributed by atoms with Crippen molar-refractivity contribution >= 4 is 39.1 Å². The third-order valence-corrected chi connectivity index (χ3v) is 8.22. The van der Waals surface area contributed by atoms with Gasteiger partial charge in [-0.15, -0.1) is 0 Å². The fraction of sp³-hybridized carbons (Fsp3) is 0.481. The highest BCUT2D eigenvalue weighted by Gasteiger charge is 2.29. The molecular weight excluding hydrogens is 514 g/mol. The SMILES string of the molecule is COc1cccc(N(CCCC(=O)N(Cc2ccccc2Cl)C(C)C(=O)NC2CCCC2)S(C)(=O)=O)c1. The lowest BCUT2D eigenvalue weighted by Gasteiger charge is -2.30. The predicted octanol–water partition coefficient (Wildman–Crippen LogP) is 4.37. The third-order valence-electron chi connectivity index (χ3n) is 6.66. The van der Waals surface area contributed by atoms with Crippen LogP contribution in [0.1, 0.15) is 51.0 Å². The number of amides is 2. The fourth-order valence-electron chi connectivity index (χ4n) is 4.55. The monoisotopic (exact) mass is 549 g/mol. The van der Waals surface area contributed by atoms with E-state index in [9.17, 15) is 18.0 Å². The summed E-state index contributed by atoms with van der Waals surface area (Å²) in [5, 5.41) is 3.59. The van der Waals surface area contributed by atoms with E-state index < -0.39 is 16.1 Å². The van der Waals surface area contributed by atoms with E-state index in [4.69, 9.17) is 16.3 Å². The van der Waals surface area contributed by atoms with Crippen LogP contribution in [0.4, 0.5) is 5.69 Å². The average Bonchev–Trinajstić information content (AvgIpc) is 3.38. The maximum Gasteiger partial charge on any atom is 0.242 e. The summed E-state index contributed by atoms with van der Waals surface area (Å²) in [6.45, 7) is 2.02. The molecule has 202 valence electrons. The quantitative estimate of drug-likeness (QED) is 0.424. The molecule has 0 aliphatic heterocycles. The van der Waals surface area contributed by atoms with Crippen molar-refractivity contribution in [2.24, 2.45) is 0 Å². The van der Waals surface area contributed by atoms with Gasteiger partial charge in [0.15, 0.2) is 0 Å². The van der Waals surface area contributed by atoms with Crippen molar-refractivity contribution in [3.8, 4) is 5.75 Å². The van der Waals surface area contributed by atoms with E-state index in [1.165, 1.54) is 16.3 Å². The summed E-state index contributed by atoms with van der Waals surface area (Å²) in [5.41, 5.74) is 1.21. The first-order valence-corrected chi connectivity index (χ1v) is 14.8. The van der Waals surface area contributed by atoms with E-state index >= 15 is 0 Å². The smallest absolute Gasteiger partial charge is 0.242 e. The lowest BCUT2D eigenvalue weighted by molar-refractivity contribution is -0.140. The molecule has 0 heterocycles. The van der Waals surface area contributed by atoms with Crippen LogP contribution in [0.5, 0.6) is 5.75 Å². The largest absolute Gasteiger partial charge is 0.497 e. The van der Waals surface area contributed by atoms with E-state index in [1.54, 1.807) is 37.3 Å². The van der Waals surface area contributed by atoms with E-state index in [0.29, 0.717) is 16.5 Å². The molecule has 1 N–H and O–H groups in total. The Balaban J connectivity index is 1.73. The van der Waals surface area contributed by atoms with Crippen molar-refractivity contribution in [1.82, 2.24) is 10.2 Å². The van der Waals surface area contributed by atoms with E-state index in [0.717, 1.165) is 37.5 Å². The minimum atomic E-state index is -3.59. The highest BCUT2D eigenvalue weighted by atomic mass is 35.5. The molecule has 0 saturated heterocycles. The molecule has 1 unspecified atom stereocenters. The van der Waals surface area contributed by atoms with Gasteiger partial charge >= 0.3 is 0 Å². The molecule has 2 aromatic rings. The number of rotatable bonds is 12. The Hall–Kier alpha value is -2.78. The molecule has 10 heteroatoms. The zero-order valence-corrected chi connectivity index (χ0v) is 23.2. The van der Waals surface area contributed by atoms with Crippen molar-refractivity contribution in [3.05, 3.63) is 59.1 Å². The number of nitrogens with one attached hydrogen (secondary N) is 1. The second-order valence-electron chi connectivity index (χ2n) is 9.42. The van der Waals surface area contributed by atoms with Gasteiger partial charge in [0.25, 0.3) is 0 Å². The van der Waals surface area contributed by atoms with Crippen molar-refractivity contribution in [3.63, 3.8) is 0 Å². The van der Waals surface area contributed by atoms with Gasteiger partial charge in [-0.05, 0) is 49.9 Å². The fourth-order valence-corrected chi connectivity index (χ4v) is 5.71. The number of halogens is 1. The second kappa shape index (κ2) is 13.1. The first-order chi connectivity index (χ1) is 17.6. The summed E-state index contributed by atoms with van der Waals surface area (Å²) >= 11 is 6.36. The average molecular weight is 550 g/mol. The van der Waals surface area contributed by atoms with Gasteiger partial charge in [0.2, 0.25) is 21.8 Å². The molecule has 2 aromatic carbocycles. The number of benzene rings is 2. The number of hydrogen-bond donors (Lipinski definition) is 1. The van der Waals surface area contributed by atoms with Gasteiger partial charge in [0.1, 0.15) is 11.8 Å². The highest BCUT2D eigenvalue weighted by molar-refractivity contribution is 7.92. The number of ether oxygens (including phenoxy) is 1. The number of sulfonamides is 1. The molecule has 1 atom stereocenters. The Bertz CT molecular complexity index is 1180. The zero-order valence-electron chi connectivity index (χ0n) is 21.7. The van der Waals surface area contributed by atoms with Gasteiger partial charge in [-0.25, -0.2) is 8.42 Å². The van der Waals surface area contributed by atoms with E-state index in [2.05, 4.69) is 5.32 Å². The van der Waals surface area contributed by atoms with E-state index in [-0.39, 0.29) is 43.8 Å². The normalized spacial score (nSPS) is 14.7. The Morgan fingerprint density at radius 2 is 1.84 bits per heavy atom. The van der Waals surface area contributed by atoms with Crippen LogP contribution in [0.3, 0.4) is 0 Å². The summed E-state index contributed by atoms with van der Waals surface area (Å²) in [7, 11) is -2.07. The number of carbonyl (C=O) groups excluding carboxylic acids is 2. The molecule has 0 bridgehead atoms. The number of anilines is 1. The molecule has 0 radical (unpaired) electrons. The van der Waals surface area contributed by atoms with Gasteiger partial charge in [0.05, 0.1) is 19.1 Å². The van der Waals surface area contributed by atoms with Gasteiger partial charge in [0, 0.05) is 36.6 Å². The van der Waals surface area contributed by atoms with Crippen molar-refractivity contribution in [2.45, 2.75) is 64.1 Å². The first-order valence-electron chi connectivity index (χ1n) is 12.5. The topological polar surface area (TPSA) is 96.0 Å². The van der Waals surface area contributed by atoms with E-state index in [1.807, 2.05) is 18.2 Å². The molecule has 37 heavy (non-hydrogen) atoms. The Kier molecular flexibility index (Phi) is 10.2. The lowest BCUT2D eigenvalue weighted by Crippen LogP contribution is -2.49. The van der Waals surface area contributed by atoms with Crippen LogP contribution in [0.2, 0.25) is 5.02 Å². The second-order valence-corrected chi connectivity index (χ2v) is 11.7. The first kappa shape index (κ1) is 28.8. The number of methoxy groups -OCH3 is 1. The Morgan fingerprint density at radius 1 is 1.14 bits per heavy atom. The highest BCUT2D eigenvalue weighted by Crippen LogP contribution is 2.25. The lowest BCUT2D eigenvalue weighted by atomic mass is 10.1. The van der Waals surface area contributed by atoms with Gasteiger partial charge in [-0.3, -0.25) is 13.9 Å². The maximum absolute atomic E-state index is 13.4. The summed E-state index contributed by atoms with van der Waals surface area (Å²) in [6.07, 6.45) is 5.55. The van der Waals surface area contributed by atoms with Crippen molar-refractivity contribution in [2.75, 3.05) is 24.2 Å². The minimum Gasteiger partial charge on any atom is -0.497 e. The summed E-state index contributed by atoms with van der Waals surface area (Å²) < 4.78 is 31.5. The standard InChI is InChI=1S/C27H36ClN3O5S/c1-20(27(33)29-22-11-5-6-12-22)30(19-21-10-4-7-15-25(21)28)26(32)16-9-17-31(37(3,34)35)23-13-8-14-24(18-23)36-2/h4,7-8,10,13-15,18,20,22H,5-6,9,11-12,16-17,19H2,1-3H3,(H,29,33). The molecule has 1 aliphatic rings. The Labute approximate surface area is 225 Å². The molecule has 8 nitrogen and oxygen atoms in total. The van der Waals surface area contributed by atoms with Gasteiger partial charge in [-0.1, -0.05) is 48.7 Å². The van der Waals surface area contributed by atoms with Gasteiger partial charge in [-0.2, -0.15) is 0 Å². The number of nitrogens with zero attached hydrogens (tertiary/aromatic N) is 2. The molecular formula is C27H36ClN3O5S. The number of carbonyl (C=O) groups is 2. The van der Waals surface area contributed by atoms with Crippen LogP contribution in [-0.4, -0.2) is 57.1 Å². The Morgan fingerprint density at radius 3 is 2.49 bits per heavy atom. The molecule has 1 fully saturated rings. The molecule has 0 aromatic heterocycles. The summed E-state index contributed by atoms with van der Waals surface area (Å²) in [5.74, 6) is 0.102. The minimum absolute atomic E-state index is 0.0709.